The van der Waals surface area contributed by atoms with Crippen molar-refractivity contribution in [1.82, 2.24) is 14.8 Å². The van der Waals surface area contributed by atoms with Crippen molar-refractivity contribution >= 4 is 17.6 Å². The molecule has 2 unspecified atom stereocenters. The van der Waals surface area contributed by atoms with Gasteiger partial charge in [-0.3, -0.25) is 9.59 Å². The first-order valence-corrected chi connectivity index (χ1v) is 12.2. The fourth-order valence-corrected chi connectivity index (χ4v) is 5.49. The number of anilines is 1. The van der Waals surface area contributed by atoms with Gasteiger partial charge in [-0.2, -0.15) is 0 Å². The molecule has 2 atom stereocenters. The number of fused-ring (bicyclic) bond motifs is 2. The number of benzene rings is 1. The number of hydrogen-bond acceptors (Lipinski definition) is 7. The predicted molar refractivity (Wildman–Crippen MR) is 130 cm³/mol. The summed E-state index contributed by atoms with van der Waals surface area (Å²) in [4.78, 5) is 35.0. The molecular weight excluding hydrogens is 505 g/mol. The maximum absolute atomic E-state index is 16.1. The highest BCUT2D eigenvalue weighted by atomic mass is 19.1. The molecule has 2 saturated heterocycles. The van der Waals surface area contributed by atoms with E-state index in [2.05, 4.69) is 11.6 Å². The van der Waals surface area contributed by atoms with Crippen LogP contribution in [0.2, 0.25) is 0 Å². The second kappa shape index (κ2) is 9.19. The van der Waals surface area contributed by atoms with Gasteiger partial charge >= 0.3 is 0 Å². The van der Waals surface area contributed by atoms with Gasteiger partial charge in [0.2, 0.25) is 5.91 Å². The number of amides is 2. The van der Waals surface area contributed by atoms with Crippen molar-refractivity contribution in [3.8, 4) is 22.8 Å². The molecule has 2 fully saturated rings. The van der Waals surface area contributed by atoms with Crippen molar-refractivity contribution in [2.45, 2.75) is 38.0 Å². The monoisotopic (exact) mass is 532 g/mol. The highest BCUT2D eigenvalue weighted by molar-refractivity contribution is 6.03. The van der Waals surface area contributed by atoms with Crippen LogP contribution in [0.25, 0.3) is 11.3 Å². The van der Waals surface area contributed by atoms with E-state index in [4.69, 9.17) is 4.74 Å². The molecule has 0 bridgehead atoms. The number of rotatable bonds is 3. The number of piperazine rings is 1. The Labute approximate surface area is 216 Å². The predicted octanol–water partition coefficient (Wildman–Crippen LogP) is 2.45. The lowest BCUT2D eigenvalue weighted by Crippen LogP contribution is -2.57. The molecule has 1 aromatic carbocycles. The first kappa shape index (κ1) is 25.8. The molecule has 0 radical (unpaired) electrons. The zero-order valence-corrected chi connectivity index (χ0v) is 20.9. The Hall–Kier alpha value is -3.80. The third-order valence-electron chi connectivity index (χ3n) is 7.37. The number of aromatic hydroxyl groups is 1. The number of pyridine rings is 1. The molecule has 2 aromatic rings. The van der Waals surface area contributed by atoms with Gasteiger partial charge in [0.15, 0.2) is 23.1 Å². The fourth-order valence-electron chi connectivity index (χ4n) is 5.49. The van der Waals surface area contributed by atoms with Crippen LogP contribution in [-0.4, -0.2) is 87.3 Å². The minimum Gasteiger partial charge on any atom is -0.504 e. The second-order valence-corrected chi connectivity index (χ2v) is 10.3. The van der Waals surface area contributed by atoms with Crippen molar-refractivity contribution in [2.75, 3.05) is 37.7 Å². The molecular formula is C26H27F3N4O5. The molecule has 0 spiro atoms. The average Bonchev–Trinajstić information content (AvgIpc) is 3.06. The molecule has 1 aromatic heterocycles. The number of hydrogen-bond donors (Lipinski definition) is 2. The summed E-state index contributed by atoms with van der Waals surface area (Å²) in [5, 5.41) is 20.7. The third-order valence-corrected chi connectivity index (χ3v) is 7.37. The number of nitrogens with zero attached hydrogens (tertiary/aromatic N) is 4. The molecule has 2 amide bonds. The number of aromatic nitrogens is 1. The Balaban J connectivity index is 1.71. The molecule has 3 aliphatic rings. The molecule has 38 heavy (non-hydrogen) atoms. The van der Waals surface area contributed by atoms with Crippen LogP contribution in [0.15, 0.2) is 24.8 Å². The standard InChI is InChI=1S/C26H27F3N4O5/c1-4-17(35)31-7-8-32-13(10-31)12-38-23-19(25(32)37)24(33-11-14(34)9-26(33,2)3)30-21(20(23)29)18-15(27)5-6-16(28)22(18)36/h4-6,13-14,34,36H,1,7-12H2,2-3H3. The van der Waals surface area contributed by atoms with Crippen molar-refractivity contribution in [3.63, 3.8) is 0 Å². The van der Waals surface area contributed by atoms with Gasteiger partial charge in [-0.15, -0.1) is 0 Å². The summed E-state index contributed by atoms with van der Waals surface area (Å²) in [6.07, 6.45) is 0.673. The normalized spacial score (nSPS) is 22.5. The summed E-state index contributed by atoms with van der Waals surface area (Å²) >= 11 is 0. The number of carbonyl (C=O) groups is 2. The van der Waals surface area contributed by atoms with Crippen LogP contribution in [0.1, 0.15) is 30.6 Å². The van der Waals surface area contributed by atoms with E-state index in [0.717, 1.165) is 6.07 Å². The average molecular weight is 533 g/mol. The smallest absolute Gasteiger partial charge is 0.262 e. The summed E-state index contributed by atoms with van der Waals surface area (Å²) in [6.45, 7) is 7.41. The SMILES string of the molecule is C=CC(=O)N1CCN2C(=O)c3c(N4CC(O)CC4(C)C)nc(-c4c(F)ccc(F)c4O)c(F)c3OCC2C1. The topological polar surface area (TPSA) is 106 Å². The molecule has 5 rings (SSSR count). The molecule has 202 valence electrons. The van der Waals surface area contributed by atoms with E-state index < -0.39 is 63.8 Å². The number of ether oxygens (including phenoxy) is 1. The van der Waals surface area contributed by atoms with E-state index in [-0.39, 0.29) is 50.1 Å². The Kier molecular flexibility index (Phi) is 6.25. The van der Waals surface area contributed by atoms with Crippen molar-refractivity contribution in [1.29, 1.82) is 0 Å². The van der Waals surface area contributed by atoms with Crippen molar-refractivity contribution < 1.29 is 37.7 Å². The minimum absolute atomic E-state index is 0.0352. The number of phenols is 1. The van der Waals surface area contributed by atoms with Gasteiger partial charge in [-0.25, -0.2) is 18.2 Å². The van der Waals surface area contributed by atoms with Crippen LogP contribution >= 0.6 is 0 Å². The molecule has 12 heteroatoms. The van der Waals surface area contributed by atoms with Crippen LogP contribution in [0, 0.1) is 17.5 Å². The van der Waals surface area contributed by atoms with Crippen molar-refractivity contribution in [2.24, 2.45) is 0 Å². The van der Waals surface area contributed by atoms with Crippen LogP contribution in [0.4, 0.5) is 19.0 Å². The molecule has 0 saturated carbocycles. The highest BCUT2D eigenvalue weighted by Gasteiger charge is 2.45. The summed E-state index contributed by atoms with van der Waals surface area (Å²) < 4.78 is 50.9. The van der Waals surface area contributed by atoms with Crippen LogP contribution in [0.5, 0.6) is 11.5 Å². The van der Waals surface area contributed by atoms with Gasteiger partial charge in [-0.05, 0) is 38.5 Å². The van der Waals surface area contributed by atoms with E-state index in [0.29, 0.717) is 12.5 Å². The maximum atomic E-state index is 16.1. The van der Waals surface area contributed by atoms with Gasteiger partial charge in [0, 0.05) is 31.7 Å². The van der Waals surface area contributed by atoms with E-state index in [1.54, 1.807) is 18.7 Å². The summed E-state index contributed by atoms with van der Waals surface area (Å²) in [5.41, 5.74) is -2.53. The van der Waals surface area contributed by atoms with Crippen LogP contribution in [0.3, 0.4) is 0 Å². The lowest BCUT2D eigenvalue weighted by atomic mass is 9.99. The Bertz CT molecular complexity index is 1350. The molecule has 9 nitrogen and oxygen atoms in total. The van der Waals surface area contributed by atoms with Gasteiger partial charge in [-0.1, -0.05) is 6.58 Å². The van der Waals surface area contributed by atoms with E-state index in [9.17, 15) is 28.6 Å². The largest absolute Gasteiger partial charge is 0.504 e. The number of aliphatic hydroxyl groups excluding tert-OH is 1. The number of aliphatic hydroxyl groups is 1. The Morgan fingerprint density at radius 3 is 2.55 bits per heavy atom. The minimum atomic E-state index is -1.24. The first-order chi connectivity index (χ1) is 17.9. The lowest BCUT2D eigenvalue weighted by molar-refractivity contribution is -0.128. The molecule has 2 N–H and O–H groups in total. The fraction of sp³-hybridized carbons (Fsp3) is 0.423. The zero-order chi connectivity index (χ0) is 27.5. The van der Waals surface area contributed by atoms with Crippen LogP contribution in [-0.2, 0) is 4.79 Å². The number of phenolic OH excluding ortho intramolecular Hbond substituents is 1. The van der Waals surface area contributed by atoms with Gasteiger partial charge < -0.3 is 29.6 Å². The van der Waals surface area contributed by atoms with Gasteiger partial charge in [0.25, 0.3) is 5.91 Å². The number of carbonyl (C=O) groups excluding carboxylic acids is 2. The van der Waals surface area contributed by atoms with E-state index >= 15 is 4.39 Å². The second-order valence-electron chi connectivity index (χ2n) is 10.3. The highest BCUT2D eigenvalue weighted by Crippen LogP contribution is 2.45. The van der Waals surface area contributed by atoms with E-state index in [1.807, 2.05) is 0 Å². The Morgan fingerprint density at radius 1 is 1.18 bits per heavy atom. The first-order valence-electron chi connectivity index (χ1n) is 12.2. The number of halogens is 3. The quantitative estimate of drug-likeness (QED) is 0.585. The molecule has 0 aliphatic carbocycles. The van der Waals surface area contributed by atoms with Gasteiger partial charge in [0.1, 0.15) is 29.5 Å². The molecule has 4 heterocycles. The third kappa shape index (κ3) is 4.03. The van der Waals surface area contributed by atoms with Crippen molar-refractivity contribution in [3.05, 3.63) is 47.8 Å². The molecule has 3 aliphatic heterocycles. The van der Waals surface area contributed by atoms with E-state index in [1.165, 1.54) is 15.9 Å². The maximum Gasteiger partial charge on any atom is 0.262 e. The Morgan fingerprint density at radius 2 is 1.89 bits per heavy atom. The summed E-state index contributed by atoms with van der Waals surface area (Å²) in [5.74, 6) is -6.23. The zero-order valence-electron chi connectivity index (χ0n) is 20.9. The summed E-state index contributed by atoms with van der Waals surface area (Å²) in [6, 6.07) is 0.808. The van der Waals surface area contributed by atoms with Gasteiger partial charge in [0.05, 0.1) is 17.7 Å². The number of β-amino-alcohol motifs (C(OH)–C–C–N with tert-alkyl or cyclic N) is 1. The van der Waals surface area contributed by atoms with Crippen LogP contribution < -0.4 is 9.64 Å². The lowest BCUT2D eigenvalue weighted by Gasteiger charge is -2.40. The summed E-state index contributed by atoms with van der Waals surface area (Å²) in [7, 11) is 0.